The highest BCUT2D eigenvalue weighted by Crippen LogP contribution is 2.39. The van der Waals surface area contributed by atoms with E-state index in [9.17, 15) is 24.3 Å². The van der Waals surface area contributed by atoms with E-state index in [1.807, 2.05) is 6.07 Å². The van der Waals surface area contributed by atoms with Gasteiger partial charge in [0.1, 0.15) is 34.5 Å². The van der Waals surface area contributed by atoms with Gasteiger partial charge in [0.15, 0.2) is 11.6 Å². The number of aromatic hydroxyl groups is 1. The van der Waals surface area contributed by atoms with E-state index in [4.69, 9.17) is 14.2 Å². The number of phenols is 1. The number of amides is 2. The zero-order chi connectivity index (χ0) is 33.8. The Morgan fingerprint density at radius 1 is 0.660 bits per heavy atom. The molecule has 0 radical (unpaired) electrons. The Labute approximate surface area is 273 Å². The molecule has 244 valence electrons. The highest BCUT2D eigenvalue weighted by Gasteiger charge is 2.42. The lowest BCUT2D eigenvalue weighted by Crippen LogP contribution is -2.42. The van der Waals surface area contributed by atoms with Crippen LogP contribution in [0.5, 0.6) is 23.0 Å². The number of benzene rings is 4. The third kappa shape index (κ3) is 8.55. The van der Waals surface area contributed by atoms with Crippen LogP contribution in [0.25, 0.3) is 0 Å². The van der Waals surface area contributed by atoms with Crippen molar-refractivity contribution in [1.82, 2.24) is 10.6 Å². The molecule has 0 saturated carbocycles. The lowest BCUT2D eigenvalue weighted by Gasteiger charge is -2.26. The fourth-order valence-corrected chi connectivity index (χ4v) is 5.24. The molecule has 2 atom stereocenters. The number of unbranched alkanes of at least 4 members (excludes halogenated alkanes) is 1. The van der Waals surface area contributed by atoms with Crippen LogP contribution in [0.2, 0.25) is 0 Å². The second kappa shape index (κ2) is 16.6. The topological polar surface area (TPSA) is 140 Å². The average molecular weight is 639 g/mol. The number of hydrogen-bond acceptors (Lipinski definition) is 8. The molecule has 10 nitrogen and oxygen atoms in total. The van der Waals surface area contributed by atoms with Crippen molar-refractivity contribution < 1.29 is 38.5 Å². The molecule has 0 bridgehead atoms. The standard InChI is InChI=1S/C37H38N2O8/c1-45-27-18-16-25(17-19-27)34(41)31(24-12-6-4-7-13-24)33(35(42)32-29(40)22-28(46-2)23-30(32)47-3)37(44)39-21-11-10-20-38-36(43)26-14-8-5-9-15-26/h4-9,12-19,22-23,31,33,40H,10-11,20-21H2,1-3H3,(H,38,43)(H,39,44). The molecule has 4 rings (SSSR count). The lowest BCUT2D eigenvalue weighted by molar-refractivity contribution is -0.123. The lowest BCUT2D eigenvalue weighted by atomic mass is 9.76. The molecular weight excluding hydrogens is 600 g/mol. The minimum absolute atomic E-state index is 0.0116. The summed E-state index contributed by atoms with van der Waals surface area (Å²) in [5.41, 5.74) is 1.01. The van der Waals surface area contributed by atoms with Crippen molar-refractivity contribution in [2.45, 2.75) is 18.8 Å². The van der Waals surface area contributed by atoms with Crippen molar-refractivity contribution in [2.75, 3.05) is 34.4 Å². The first-order valence-corrected chi connectivity index (χ1v) is 15.1. The van der Waals surface area contributed by atoms with Gasteiger partial charge in [0.25, 0.3) is 5.91 Å². The van der Waals surface area contributed by atoms with E-state index >= 15 is 0 Å². The average Bonchev–Trinajstić information content (AvgIpc) is 3.11. The number of methoxy groups -OCH3 is 3. The van der Waals surface area contributed by atoms with E-state index < -0.39 is 35.1 Å². The molecule has 0 spiro atoms. The number of nitrogens with one attached hydrogen (secondary N) is 2. The predicted octanol–water partition coefficient (Wildman–Crippen LogP) is 5.21. The van der Waals surface area contributed by atoms with Crippen LogP contribution in [0.1, 0.15) is 55.4 Å². The summed E-state index contributed by atoms with van der Waals surface area (Å²) in [5, 5.41) is 16.6. The van der Waals surface area contributed by atoms with E-state index in [0.29, 0.717) is 36.3 Å². The summed E-state index contributed by atoms with van der Waals surface area (Å²) < 4.78 is 15.9. The van der Waals surface area contributed by atoms with Gasteiger partial charge >= 0.3 is 0 Å². The largest absolute Gasteiger partial charge is 0.507 e. The summed E-state index contributed by atoms with van der Waals surface area (Å²) in [5.74, 6) is -4.70. The Bertz CT molecular complexity index is 1670. The maximum Gasteiger partial charge on any atom is 0.251 e. The number of hydrogen-bond donors (Lipinski definition) is 3. The van der Waals surface area contributed by atoms with Crippen LogP contribution in [0.15, 0.2) is 97.1 Å². The van der Waals surface area contributed by atoms with Crippen LogP contribution >= 0.6 is 0 Å². The van der Waals surface area contributed by atoms with Gasteiger partial charge in [-0.25, -0.2) is 0 Å². The smallest absolute Gasteiger partial charge is 0.251 e. The zero-order valence-electron chi connectivity index (χ0n) is 26.5. The molecule has 0 aromatic heterocycles. The second-order valence-corrected chi connectivity index (χ2v) is 10.7. The minimum atomic E-state index is -1.59. The fraction of sp³-hybridized carbons (Fsp3) is 0.243. The van der Waals surface area contributed by atoms with Gasteiger partial charge in [-0.2, -0.15) is 0 Å². The van der Waals surface area contributed by atoms with Crippen molar-refractivity contribution >= 4 is 23.4 Å². The molecule has 2 unspecified atom stereocenters. The number of ketones is 2. The van der Waals surface area contributed by atoms with Crippen molar-refractivity contribution in [1.29, 1.82) is 0 Å². The first kappa shape index (κ1) is 34.2. The molecule has 0 heterocycles. The Hall–Kier alpha value is -5.64. The molecule has 47 heavy (non-hydrogen) atoms. The number of carbonyl (C=O) groups is 4. The van der Waals surface area contributed by atoms with Gasteiger partial charge in [0.05, 0.1) is 27.2 Å². The number of carbonyl (C=O) groups excluding carboxylic acids is 4. The SMILES string of the molecule is COc1ccc(C(=O)C(c2ccccc2)C(C(=O)NCCCCNC(=O)c2ccccc2)C(=O)c2c(O)cc(OC)cc2OC)cc1. The number of phenolic OH excluding ortho intramolecular Hbond substituents is 1. The van der Waals surface area contributed by atoms with Crippen LogP contribution < -0.4 is 24.8 Å². The predicted molar refractivity (Wildman–Crippen MR) is 177 cm³/mol. The molecule has 0 saturated heterocycles. The van der Waals surface area contributed by atoms with Crippen molar-refractivity contribution in [3.8, 4) is 23.0 Å². The van der Waals surface area contributed by atoms with E-state index in [0.717, 1.165) is 0 Å². The first-order valence-electron chi connectivity index (χ1n) is 15.1. The molecule has 0 fully saturated rings. The maximum atomic E-state index is 14.4. The summed E-state index contributed by atoms with van der Waals surface area (Å²) in [6, 6.07) is 26.5. The third-order valence-electron chi connectivity index (χ3n) is 7.70. The number of rotatable bonds is 16. The van der Waals surface area contributed by atoms with Crippen LogP contribution in [0, 0.1) is 5.92 Å². The second-order valence-electron chi connectivity index (χ2n) is 10.7. The zero-order valence-corrected chi connectivity index (χ0v) is 26.5. The molecular formula is C37H38N2O8. The molecule has 0 aliphatic rings. The molecule has 10 heteroatoms. The van der Waals surface area contributed by atoms with Crippen molar-refractivity contribution in [2.24, 2.45) is 5.92 Å². The Morgan fingerprint density at radius 2 is 1.26 bits per heavy atom. The molecule has 4 aromatic rings. The molecule has 2 amide bonds. The van der Waals surface area contributed by atoms with Crippen molar-refractivity contribution in [3.63, 3.8) is 0 Å². The number of ether oxygens (including phenoxy) is 3. The molecule has 0 aliphatic carbocycles. The quantitative estimate of drug-likeness (QED) is 0.0864. The summed E-state index contributed by atoms with van der Waals surface area (Å²) in [7, 11) is 4.24. The summed E-state index contributed by atoms with van der Waals surface area (Å²) in [4.78, 5) is 55.0. The van der Waals surface area contributed by atoms with Gasteiger partial charge in [-0.05, 0) is 54.8 Å². The van der Waals surface area contributed by atoms with E-state index in [1.54, 1.807) is 78.9 Å². The summed E-state index contributed by atoms with van der Waals surface area (Å²) in [6.45, 7) is 0.555. The monoisotopic (exact) mass is 638 g/mol. The van der Waals surface area contributed by atoms with E-state index in [1.165, 1.54) is 33.5 Å². The van der Waals surface area contributed by atoms with Crippen molar-refractivity contribution in [3.05, 3.63) is 119 Å². The summed E-state index contributed by atoms with van der Waals surface area (Å²) in [6.07, 6.45) is 1.04. The highest BCUT2D eigenvalue weighted by molar-refractivity contribution is 6.18. The van der Waals surface area contributed by atoms with Crippen LogP contribution in [-0.4, -0.2) is 62.9 Å². The molecule has 3 N–H and O–H groups in total. The van der Waals surface area contributed by atoms with E-state index in [-0.39, 0.29) is 35.1 Å². The van der Waals surface area contributed by atoms with Gasteiger partial charge < -0.3 is 30.0 Å². The van der Waals surface area contributed by atoms with Gasteiger partial charge in [-0.1, -0.05) is 48.5 Å². The Balaban J connectivity index is 1.63. The van der Waals surface area contributed by atoms with Crippen LogP contribution in [-0.2, 0) is 4.79 Å². The normalized spacial score (nSPS) is 11.9. The van der Waals surface area contributed by atoms with E-state index in [2.05, 4.69) is 10.6 Å². The Morgan fingerprint density at radius 3 is 1.85 bits per heavy atom. The highest BCUT2D eigenvalue weighted by atomic mass is 16.5. The van der Waals surface area contributed by atoms with Gasteiger partial charge in [-0.15, -0.1) is 0 Å². The van der Waals surface area contributed by atoms with Gasteiger partial charge in [-0.3, -0.25) is 19.2 Å². The van der Waals surface area contributed by atoms with Gasteiger partial charge in [0, 0.05) is 36.3 Å². The fourth-order valence-electron chi connectivity index (χ4n) is 5.24. The van der Waals surface area contributed by atoms with Crippen LogP contribution in [0.4, 0.5) is 0 Å². The maximum absolute atomic E-state index is 14.4. The third-order valence-corrected chi connectivity index (χ3v) is 7.70. The first-order chi connectivity index (χ1) is 22.8. The van der Waals surface area contributed by atoms with Crippen LogP contribution in [0.3, 0.4) is 0 Å². The number of Topliss-reactive ketones (excluding diaryl/α,β-unsaturated/α-hetero) is 2. The molecule has 0 aliphatic heterocycles. The summed E-state index contributed by atoms with van der Waals surface area (Å²) >= 11 is 0. The van der Waals surface area contributed by atoms with Gasteiger partial charge in [0.2, 0.25) is 5.91 Å². The minimum Gasteiger partial charge on any atom is -0.507 e. The Kier molecular flexibility index (Phi) is 12.1. The molecule has 4 aromatic carbocycles.